The molecular formula is C20H23N5O3S. The maximum absolute atomic E-state index is 12.4. The topological polar surface area (TPSA) is 104 Å². The van der Waals surface area contributed by atoms with Crippen LogP contribution in [0.1, 0.15) is 38.3 Å². The van der Waals surface area contributed by atoms with E-state index >= 15 is 0 Å². The van der Waals surface area contributed by atoms with Crippen LogP contribution in [0, 0.1) is 0 Å². The van der Waals surface area contributed by atoms with Gasteiger partial charge in [0.15, 0.2) is 5.84 Å². The van der Waals surface area contributed by atoms with Crippen molar-refractivity contribution in [2.75, 3.05) is 6.54 Å². The smallest absolute Gasteiger partial charge is 0.285 e. The highest BCUT2D eigenvalue weighted by molar-refractivity contribution is 7.90. The minimum absolute atomic E-state index is 0.131. The van der Waals surface area contributed by atoms with E-state index in [4.69, 9.17) is 0 Å². The Hall–Kier alpha value is -3.07. The van der Waals surface area contributed by atoms with E-state index in [1.807, 2.05) is 20.8 Å². The third kappa shape index (κ3) is 5.26. The summed E-state index contributed by atoms with van der Waals surface area (Å²) in [4.78, 5) is 16.4. The first-order valence-electron chi connectivity index (χ1n) is 9.13. The molecule has 1 aromatic carbocycles. The van der Waals surface area contributed by atoms with Crippen molar-refractivity contribution in [1.29, 1.82) is 0 Å². The summed E-state index contributed by atoms with van der Waals surface area (Å²) in [6.45, 7) is 5.86. The fourth-order valence-corrected chi connectivity index (χ4v) is 3.97. The van der Waals surface area contributed by atoms with Gasteiger partial charge in [0.05, 0.1) is 12.8 Å². The second kappa shape index (κ2) is 8.12. The summed E-state index contributed by atoms with van der Waals surface area (Å²) in [6, 6.07) is 10.1. The van der Waals surface area contributed by atoms with Gasteiger partial charge >= 0.3 is 0 Å². The quantitative estimate of drug-likeness (QED) is 0.598. The van der Waals surface area contributed by atoms with Crippen molar-refractivity contribution in [3.63, 3.8) is 0 Å². The lowest BCUT2D eigenvalue weighted by molar-refractivity contribution is -0.122. The number of hydrogen-bond donors (Lipinski definition) is 1. The third-order valence-electron chi connectivity index (χ3n) is 3.97. The van der Waals surface area contributed by atoms with Gasteiger partial charge in [-0.1, -0.05) is 12.1 Å². The van der Waals surface area contributed by atoms with Crippen LogP contribution in [0.25, 0.3) is 0 Å². The van der Waals surface area contributed by atoms with Crippen LogP contribution in [0.3, 0.4) is 0 Å². The molecule has 0 unspecified atom stereocenters. The van der Waals surface area contributed by atoms with Crippen molar-refractivity contribution < 1.29 is 13.2 Å². The van der Waals surface area contributed by atoms with Gasteiger partial charge in [0.25, 0.3) is 10.0 Å². The van der Waals surface area contributed by atoms with Gasteiger partial charge in [0.2, 0.25) is 5.91 Å². The second-order valence-electron chi connectivity index (χ2n) is 7.58. The van der Waals surface area contributed by atoms with Gasteiger partial charge in [0, 0.05) is 29.9 Å². The van der Waals surface area contributed by atoms with E-state index in [0.29, 0.717) is 5.56 Å². The van der Waals surface area contributed by atoms with E-state index < -0.39 is 10.0 Å². The molecule has 0 fully saturated rings. The summed E-state index contributed by atoms with van der Waals surface area (Å²) in [6.07, 6.45) is 4.98. The minimum Gasteiger partial charge on any atom is -0.351 e. The summed E-state index contributed by atoms with van der Waals surface area (Å²) in [7, 11) is -3.79. The molecule has 1 aliphatic rings. The summed E-state index contributed by atoms with van der Waals surface area (Å²) in [5, 5.41) is 8.76. The number of nitrogens with zero attached hydrogens (tertiary/aromatic N) is 4. The molecule has 0 radical (unpaired) electrons. The standard InChI is InChI=1S/C20H23N5O3S/c1-20(2,3)23-18(26)10-13-25(22-14-15-8-11-21-12-9-15)19-16-6-4-5-7-17(16)29(27,28)24-19/h4-9,11-12,14H,10,13H2,1-3H3,(H,23,26). The number of hydrazone groups is 1. The molecule has 1 aliphatic heterocycles. The van der Waals surface area contributed by atoms with Crippen LogP contribution in [-0.4, -0.2) is 48.5 Å². The highest BCUT2D eigenvalue weighted by atomic mass is 32.2. The van der Waals surface area contributed by atoms with Crippen molar-refractivity contribution in [2.24, 2.45) is 9.50 Å². The van der Waals surface area contributed by atoms with E-state index in [2.05, 4.69) is 19.8 Å². The average Bonchev–Trinajstić information content (AvgIpc) is 2.93. The zero-order chi connectivity index (χ0) is 21.1. The molecule has 0 saturated carbocycles. The number of fused-ring (bicyclic) bond motifs is 1. The largest absolute Gasteiger partial charge is 0.351 e. The molecule has 0 aliphatic carbocycles. The number of benzene rings is 1. The molecule has 29 heavy (non-hydrogen) atoms. The van der Waals surface area contributed by atoms with Gasteiger partial charge in [-0.05, 0) is 50.6 Å². The first kappa shape index (κ1) is 20.7. The molecule has 0 saturated heterocycles. The van der Waals surface area contributed by atoms with E-state index in [-0.39, 0.29) is 35.1 Å². The number of carbonyl (C=O) groups is 1. The average molecular weight is 414 g/mol. The molecule has 2 heterocycles. The number of hydrogen-bond acceptors (Lipinski definition) is 6. The Kier molecular flexibility index (Phi) is 5.78. The van der Waals surface area contributed by atoms with Gasteiger partial charge in [-0.3, -0.25) is 9.78 Å². The Morgan fingerprint density at radius 3 is 2.55 bits per heavy atom. The maximum Gasteiger partial charge on any atom is 0.285 e. The Balaban J connectivity index is 1.89. The lowest BCUT2D eigenvalue weighted by atomic mass is 10.1. The number of aromatic nitrogens is 1. The van der Waals surface area contributed by atoms with Crippen molar-refractivity contribution >= 4 is 28.0 Å². The van der Waals surface area contributed by atoms with Gasteiger partial charge < -0.3 is 5.32 Å². The molecule has 2 aromatic rings. The van der Waals surface area contributed by atoms with Crippen LogP contribution < -0.4 is 5.32 Å². The number of pyridine rings is 1. The summed E-state index contributed by atoms with van der Waals surface area (Å²) in [5.74, 6) is 0.0471. The first-order valence-corrected chi connectivity index (χ1v) is 10.6. The fraction of sp³-hybridized carbons (Fsp3) is 0.300. The summed E-state index contributed by atoms with van der Waals surface area (Å²) in [5.41, 5.74) is 0.901. The van der Waals surface area contributed by atoms with Crippen LogP contribution in [0.4, 0.5) is 0 Å². The van der Waals surface area contributed by atoms with Gasteiger partial charge in [-0.15, -0.1) is 4.40 Å². The van der Waals surface area contributed by atoms with E-state index in [1.165, 1.54) is 11.1 Å². The maximum atomic E-state index is 12.4. The van der Waals surface area contributed by atoms with Gasteiger partial charge in [-0.2, -0.15) is 13.5 Å². The molecule has 1 aromatic heterocycles. The Morgan fingerprint density at radius 1 is 1.17 bits per heavy atom. The van der Waals surface area contributed by atoms with Crippen LogP contribution in [-0.2, 0) is 14.8 Å². The Morgan fingerprint density at radius 2 is 1.86 bits per heavy atom. The van der Waals surface area contributed by atoms with E-state index in [1.54, 1.807) is 48.9 Å². The molecular weight excluding hydrogens is 390 g/mol. The third-order valence-corrected chi connectivity index (χ3v) is 5.30. The first-order chi connectivity index (χ1) is 13.7. The molecule has 9 heteroatoms. The number of carbonyl (C=O) groups excluding carboxylic acids is 1. The number of rotatable bonds is 5. The molecule has 0 atom stereocenters. The van der Waals surface area contributed by atoms with E-state index in [9.17, 15) is 13.2 Å². The fourth-order valence-electron chi connectivity index (χ4n) is 2.77. The lowest BCUT2D eigenvalue weighted by Crippen LogP contribution is -2.42. The number of nitrogens with one attached hydrogen (secondary N) is 1. The predicted octanol–water partition coefficient (Wildman–Crippen LogP) is 2.17. The van der Waals surface area contributed by atoms with Crippen molar-refractivity contribution in [3.8, 4) is 0 Å². The molecule has 0 spiro atoms. The number of amidine groups is 1. The zero-order valence-corrected chi connectivity index (χ0v) is 17.3. The van der Waals surface area contributed by atoms with Crippen molar-refractivity contribution in [1.82, 2.24) is 15.3 Å². The molecule has 1 amide bonds. The lowest BCUT2D eigenvalue weighted by Gasteiger charge is -2.22. The molecule has 0 bridgehead atoms. The second-order valence-corrected chi connectivity index (χ2v) is 9.16. The zero-order valence-electron chi connectivity index (χ0n) is 16.5. The van der Waals surface area contributed by atoms with E-state index in [0.717, 1.165) is 5.56 Å². The predicted molar refractivity (Wildman–Crippen MR) is 111 cm³/mol. The Bertz CT molecular complexity index is 1060. The summed E-state index contributed by atoms with van der Waals surface area (Å²) >= 11 is 0. The molecule has 8 nitrogen and oxygen atoms in total. The van der Waals surface area contributed by atoms with Crippen LogP contribution in [0.5, 0.6) is 0 Å². The molecule has 1 N–H and O–H groups in total. The summed E-state index contributed by atoms with van der Waals surface area (Å²) < 4.78 is 28.7. The molecule has 3 rings (SSSR count). The van der Waals surface area contributed by atoms with Crippen LogP contribution >= 0.6 is 0 Å². The minimum atomic E-state index is -3.79. The van der Waals surface area contributed by atoms with Crippen LogP contribution in [0.15, 0.2) is 63.2 Å². The van der Waals surface area contributed by atoms with Crippen LogP contribution in [0.2, 0.25) is 0 Å². The SMILES string of the molecule is CC(C)(C)NC(=O)CCN(N=Cc1ccncc1)C1=NS(=O)(=O)c2ccccc21. The number of sulfonamides is 1. The van der Waals surface area contributed by atoms with Gasteiger partial charge in [0.1, 0.15) is 4.90 Å². The van der Waals surface area contributed by atoms with Gasteiger partial charge in [-0.25, -0.2) is 5.01 Å². The normalized spacial score (nSPS) is 15.1. The highest BCUT2D eigenvalue weighted by Gasteiger charge is 2.32. The van der Waals surface area contributed by atoms with Crippen molar-refractivity contribution in [3.05, 3.63) is 59.9 Å². The monoisotopic (exact) mass is 413 g/mol. The molecule has 152 valence electrons. The Labute approximate surface area is 170 Å². The van der Waals surface area contributed by atoms with Crippen molar-refractivity contribution in [2.45, 2.75) is 37.6 Å². The number of amides is 1. The highest BCUT2D eigenvalue weighted by Crippen LogP contribution is 2.27.